The first-order valence-electron chi connectivity index (χ1n) is 5.06. The van der Waals surface area contributed by atoms with E-state index in [0.717, 1.165) is 6.54 Å². The van der Waals surface area contributed by atoms with E-state index in [1.807, 2.05) is 0 Å². The van der Waals surface area contributed by atoms with Crippen LogP contribution in [0.25, 0.3) is 0 Å². The van der Waals surface area contributed by atoms with Crippen molar-refractivity contribution in [3.05, 3.63) is 0 Å². The zero-order valence-electron chi connectivity index (χ0n) is 10.1. The molecule has 1 unspecified atom stereocenters. The third-order valence-corrected chi connectivity index (χ3v) is 3.36. The van der Waals surface area contributed by atoms with Crippen molar-refractivity contribution in [2.45, 2.75) is 58.1 Å². The maximum absolute atomic E-state index is 2.55. The van der Waals surface area contributed by atoms with Gasteiger partial charge < -0.3 is 0 Å². The molecule has 0 aromatic heterocycles. The van der Waals surface area contributed by atoms with Gasteiger partial charge in [-0.15, -0.1) is 0 Å². The fraction of sp³-hybridized carbons (Fsp3) is 1.00. The van der Waals surface area contributed by atoms with Gasteiger partial charge in [0.05, 0.1) is 3.55 Å². The smallest absolute Gasteiger partial charge is 0.0675 e. The molecule has 0 radical (unpaired) electrons. The number of alkyl halides is 1. The summed E-state index contributed by atoms with van der Waals surface area (Å²) in [5, 5.41) is 0. The lowest BCUT2D eigenvalue weighted by Gasteiger charge is -2.44. The van der Waals surface area contributed by atoms with Crippen molar-refractivity contribution >= 4 is 22.6 Å². The van der Waals surface area contributed by atoms with Crippen molar-refractivity contribution in [3.63, 3.8) is 0 Å². The molecule has 0 aliphatic rings. The minimum absolute atomic E-state index is 0.249. The van der Waals surface area contributed by atoms with Crippen LogP contribution >= 0.6 is 22.6 Å². The van der Waals surface area contributed by atoms with Gasteiger partial charge in [-0.05, 0) is 32.7 Å². The summed E-state index contributed by atoms with van der Waals surface area (Å²) in [5.74, 6) is 0. The first kappa shape index (κ1) is 13.7. The molecule has 0 aromatic carbocycles. The van der Waals surface area contributed by atoms with Crippen molar-refractivity contribution in [2.75, 3.05) is 6.54 Å². The lowest BCUT2D eigenvalue weighted by molar-refractivity contribution is 0.0816. The van der Waals surface area contributed by atoms with Crippen LogP contribution in [0, 0.1) is 5.41 Å². The minimum Gasteiger partial charge on any atom is -0.287 e. The van der Waals surface area contributed by atoms with Crippen LogP contribution in [0.15, 0.2) is 0 Å². The second-order valence-electron chi connectivity index (χ2n) is 5.24. The van der Waals surface area contributed by atoms with Gasteiger partial charge in [-0.25, -0.2) is 0 Å². The largest absolute Gasteiger partial charge is 0.287 e. The van der Waals surface area contributed by atoms with Crippen LogP contribution in [-0.4, -0.2) is 21.0 Å². The first-order valence-corrected chi connectivity index (χ1v) is 6.14. The van der Waals surface area contributed by atoms with Gasteiger partial charge in [0.1, 0.15) is 0 Å². The second kappa shape index (κ2) is 4.47. The van der Waals surface area contributed by atoms with E-state index in [4.69, 9.17) is 0 Å². The average Bonchev–Trinajstić information content (AvgIpc) is 1.83. The summed E-state index contributed by atoms with van der Waals surface area (Å²) in [6.07, 6.45) is 0. The Kier molecular flexibility index (Phi) is 4.71. The summed E-state index contributed by atoms with van der Waals surface area (Å²) in [5.41, 5.74) is 0.360. The molecule has 0 fully saturated rings. The van der Waals surface area contributed by atoms with Crippen molar-refractivity contribution in [1.82, 2.24) is 4.90 Å². The number of hydrogen-bond acceptors (Lipinski definition) is 1. The van der Waals surface area contributed by atoms with Crippen molar-refractivity contribution in [2.24, 2.45) is 5.41 Å². The summed E-state index contributed by atoms with van der Waals surface area (Å²) >= 11 is 2.52. The third kappa shape index (κ3) is 4.15. The number of halogens is 1. The molecule has 0 rings (SSSR count). The summed E-state index contributed by atoms with van der Waals surface area (Å²) < 4.78 is 0.249. The molecule has 0 N–H and O–H groups in total. The van der Waals surface area contributed by atoms with E-state index in [1.54, 1.807) is 0 Å². The van der Waals surface area contributed by atoms with Gasteiger partial charge >= 0.3 is 0 Å². The predicted octanol–water partition coefficient (Wildman–Crippen LogP) is 3.91. The molecule has 2 heteroatoms. The molecular weight excluding hydrogens is 273 g/mol. The van der Waals surface area contributed by atoms with Gasteiger partial charge in [-0.1, -0.05) is 50.3 Å². The highest BCUT2D eigenvalue weighted by molar-refractivity contribution is 14.1. The lowest BCUT2D eigenvalue weighted by atomic mass is 9.86. The van der Waals surface area contributed by atoms with Gasteiger partial charge in [-0.3, -0.25) is 4.90 Å². The Hall–Kier alpha value is 0.690. The Morgan fingerprint density at radius 1 is 1.15 bits per heavy atom. The molecule has 1 atom stereocenters. The summed E-state index contributed by atoms with van der Waals surface area (Å²) in [7, 11) is 0. The third-order valence-electron chi connectivity index (χ3n) is 2.74. The number of rotatable bonds is 3. The molecule has 0 aliphatic carbocycles. The van der Waals surface area contributed by atoms with E-state index in [2.05, 4.69) is 76.0 Å². The molecule has 80 valence electrons. The molecule has 1 nitrogen and oxygen atoms in total. The van der Waals surface area contributed by atoms with E-state index in [0.29, 0.717) is 11.5 Å². The van der Waals surface area contributed by atoms with Crippen LogP contribution in [0.1, 0.15) is 48.5 Å². The molecule has 0 bridgehead atoms. The Morgan fingerprint density at radius 3 is 1.62 bits per heavy atom. The normalized spacial score (nSPS) is 16.4. The van der Waals surface area contributed by atoms with Gasteiger partial charge in [0.15, 0.2) is 0 Å². The average molecular weight is 297 g/mol. The fourth-order valence-electron chi connectivity index (χ4n) is 1.58. The van der Waals surface area contributed by atoms with Gasteiger partial charge in [0.25, 0.3) is 0 Å². The van der Waals surface area contributed by atoms with Crippen molar-refractivity contribution in [1.29, 1.82) is 0 Å². The van der Waals surface area contributed by atoms with Crippen molar-refractivity contribution < 1.29 is 0 Å². The molecule has 0 aromatic rings. The monoisotopic (exact) mass is 297 g/mol. The summed E-state index contributed by atoms with van der Waals surface area (Å²) in [4.78, 5) is 2.55. The highest BCUT2D eigenvalue weighted by Crippen LogP contribution is 2.32. The maximum atomic E-state index is 2.55. The highest BCUT2D eigenvalue weighted by Gasteiger charge is 2.32. The van der Waals surface area contributed by atoms with Crippen LogP contribution in [0.2, 0.25) is 0 Å². The van der Waals surface area contributed by atoms with Crippen LogP contribution in [0.3, 0.4) is 0 Å². The van der Waals surface area contributed by atoms with Crippen LogP contribution in [-0.2, 0) is 0 Å². The van der Waals surface area contributed by atoms with E-state index in [9.17, 15) is 0 Å². The van der Waals surface area contributed by atoms with Gasteiger partial charge in [0.2, 0.25) is 0 Å². The zero-order chi connectivity index (χ0) is 10.9. The summed E-state index contributed by atoms with van der Waals surface area (Å²) in [6.45, 7) is 17.2. The van der Waals surface area contributed by atoms with E-state index in [1.165, 1.54) is 0 Å². The Labute approximate surface area is 97.4 Å². The van der Waals surface area contributed by atoms with E-state index >= 15 is 0 Å². The molecule has 0 amide bonds. The molecule has 13 heavy (non-hydrogen) atoms. The molecular formula is C11H24IN. The van der Waals surface area contributed by atoms with E-state index in [-0.39, 0.29) is 3.55 Å². The molecule has 0 saturated carbocycles. The maximum Gasteiger partial charge on any atom is 0.0675 e. The molecule has 0 spiro atoms. The predicted molar refractivity (Wildman–Crippen MR) is 69.4 cm³/mol. The Balaban J connectivity index is 4.61. The fourth-order valence-corrected chi connectivity index (χ4v) is 2.34. The van der Waals surface area contributed by atoms with Crippen LogP contribution in [0.5, 0.6) is 0 Å². The molecule has 0 saturated heterocycles. The zero-order valence-corrected chi connectivity index (χ0v) is 12.3. The minimum atomic E-state index is 0.249. The molecule has 0 aliphatic heterocycles. The van der Waals surface area contributed by atoms with Gasteiger partial charge in [0, 0.05) is 6.04 Å². The summed E-state index contributed by atoms with van der Waals surface area (Å²) in [6, 6.07) is 0.615. The van der Waals surface area contributed by atoms with E-state index < -0.39 is 0 Å². The standard InChI is InChI=1S/C11H24IN/c1-8-13(11(6,7)12)9(2)10(3,4)5/h9H,8H2,1-7H3. The second-order valence-corrected chi connectivity index (χ2v) is 7.88. The topological polar surface area (TPSA) is 3.24 Å². The van der Waals surface area contributed by atoms with Crippen LogP contribution in [0.4, 0.5) is 0 Å². The number of hydrogen-bond donors (Lipinski definition) is 0. The molecule has 0 heterocycles. The van der Waals surface area contributed by atoms with Gasteiger partial charge in [-0.2, -0.15) is 0 Å². The van der Waals surface area contributed by atoms with Crippen molar-refractivity contribution in [3.8, 4) is 0 Å². The van der Waals surface area contributed by atoms with Crippen LogP contribution < -0.4 is 0 Å². The Bertz CT molecular complexity index is 152. The highest BCUT2D eigenvalue weighted by atomic mass is 127. The Morgan fingerprint density at radius 2 is 1.54 bits per heavy atom. The number of nitrogens with zero attached hydrogens (tertiary/aromatic N) is 1. The SMILES string of the molecule is CCN(C(C)C(C)(C)C)C(C)(C)I. The quantitative estimate of drug-likeness (QED) is 0.433. The first-order chi connectivity index (χ1) is 5.60. The lowest BCUT2D eigenvalue weighted by Crippen LogP contribution is -2.50.